The number of rotatable bonds is 5. The van der Waals surface area contributed by atoms with Gasteiger partial charge in [0.15, 0.2) is 5.69 Å². The summed E-state index contributed by atoms with van der Waals surface area (Å²) in [7, 11) is 1.13. The minimum atomic E-state index is -5.20. The second-order valence-corrected chi connectivity index (χ2v) is 9.02. The Labute approximate surface area is 225 Å². The maximum Gasteiger partial charge on any atom is 0.435 e. The second-order valence-electron chi connectivity index (χ2n) is 8.58. The molecule has 14 heteroatoms. The average Bonchev–Trinajstić information content (AvgIpc) is 3.24. The molecular weight excluding hydrogens is 579 g/mol. The first-order valence-corrected chi connectivity index (χ1v) is 11.5. The fourth-order valence-corrected chi connectivity index (χ4v) is 4.00. The number of hydrogen-bond donors (Lipinski definition) is 1. The number of phenols is 1. The maximum atomic E-state index is 13.6. The number of benzene rings is 3. The summed E-state index contributed by atoms with van der Waals surface area (Å²) in [5.74, 6) is -1.25. The van der Waals surface area contributed by atoms with Crippen LogP contribution in [0.3, 0.4) is 0 Å². The first kappa shape index (κ1) is 29.1. The van der Waals surface area contributed by atoms with E-state index in [-0.39, 0.29) is 29.7 Å². The molecule has 4 aromatic rings. The molecule has 1 N–H and O–H groups in total. The lowest BCUT2D eigenvalue weighted by Crippen LogP contribution is -2.11. The van der Waals surface area contributed by atoms with Crippen molar-refractivity contribution < 1.29 is 49.4 Å². The van der Waals surface area contributed by atoms with Gasteiger partial charge in [-0.05, 0) is 59.7 Å². The molecule has 40 heavy (non-hydrogen) atoms. The van der Waals surface area contributed by atoms with Crippen LogP contribution in [0.2, 0.25) is 5.02 Å². The smallest absolute Gasteiger partial charge is 0.435 e. The number of aryl methyl sites for hydroxylation is 1. The van der Waals surface area contributed by atoms with Crippen LogP contribution >= 0.6 is 11.6 Å². The third-order valence-corrected chi connectivity index (χ3v) is 6.02. The maximum absolute atomic E-state index is 13.6. The molecule has 3 aromatic carbocycles. The first-order chi connectivity index (χ1) is 18.4. The Balaban J connectivity index is 1.95. The van der Waals surface area contributed by atoms with Crippen molar-refractivity contribution >= 4 is 11.6 Å². The van der Waals surface area contributed by atoms with Gasteiger partial charge in [0.2, 0.25) is 0 Å². The summed E-state index contributed by atoms with van der Waals surface area (Å²) in [5.41, 5.74) is -6.11. The van der Waals surface area contributed by atoms with E-state index in [1.807, 2.05) is 0 Å². The molecule has 1 heterocycles. The largest absolute Gasteiger partial charge is 0.506 e. The van der Waals surface area contributed by atoms with Crippen LogP contribution in [0.4, 0.5) is 39.5 Å². The van der Waals surface area contributed by atoms with Crippen LogP contribution in [0.5, 0.6) is 11.5 Å². The van der Waals surface area contributed by atoms with Crippen LogP contribution in [0.1, 0.15) is 22.4 Å². The zero-order valence-corrected chi connectivity index (χ0v) is 20.8. The predicted molar refractivity (Wildman–Crippen MR) is 127 cm³/mol. The number of aromatic nitrogens is 2. The van der Waals surface area contributed by atoms with Crippen molar-refractivity contribution in [1.82, 2.24) is 9.78 Å². The number of hydrogen-bond acceptors (Lipinski definition) is 3. The first-order valence-electron chi connectivity index (χ1n) is 11.1. The van der Waals surface area contributed by atoms with Crippen molar-refractivity contribution in [2.45, 2.75) is 25.1 Å². The van der Waals surface area contributed by atoms with Crippen molar-refractivity contribution in [3.05, 3.63) is 88.1 Å². The Morgan fingerprint density at radius 2 is 1.38 bits per heavy atom. The molecular formula is C26H16ClF9N2O2. The summed E-state index contributed by atoms with van der Waals surface area (Å²) in [6, 6.07) is 9.64. The van der Waals surface area contributed by atoms with Crippen LogP contribution in [0, 0.1) is 0 Å². The Morgan fingerprint density at radius 3 is 1.88 bits per heavy atom. The lowest BCUT2D eigenvalue weighted by Gasteiger charge is -2.19. The average molecular weight is 595 g/mol. The molecule has 4 nitrogen and oxygen atoms in total. The monoisotopic (exact) mass is 594 g/mol. The Morgan fingerprint density at radius 1 is 0.800 bits per heavy atom. The van der Waals surface area contributed by atoms with Crippen molar-refractivity contribution in [3.8, 4) is 33.9 Å². The quantitative estimate of drug-likeness (QED) is 0.235. The summed E-state index contributed by atoms with van der Waals surface area (Å²) in [6.07, 6.45) is -15.3. The minimum Gasteiger partial charge on any atom is -0.506 e. The Kier molecular flexibility index (Phi) is 7.48. The highest BCUT2D eigenvalue weighted by molar-refractivity contribution is 6.30. The molecule has 0 bridgehead atoms. The number of ether oxygens (including phenoxy) is 1. The Hall–Kier alpha value is -3.87. The van der Waals surface area contributed by atoms with Crippen molar-refractivity contribution in [1.29, 1.82) is 0 Å². The molecule has 4 rings (SSSR count). The van der Waals surface area contributed by atoms with E-state index in [1.54, 1.807) is 12.1 Å². The molecule has 0 aliphatic carbocycles. The van der Waals surface area contributed by atoms with Gasteiger partial charge in [-0.2, -0.15) is 44.6 Å². The fourth-order valence-electron chi connectivity index (χ4n) is 3.88. The van der Waals surface area contributed by atoms with E-state index in [9.17, 15) is 44.6 Å². The lowest BCUT2D eigenvalue weighted by molar-refractivity contribution is -0.143. The summed E-state index contributed by atoms with van der Waals surface area (Å²) in [4.78, 5) is 0. The molecule has 0 aliphatic heterocycles. The van der Waals surface area contributed by atoms with Crippen molar-refractivity contribution in [2.75, 3.05) is 0 Å². The van der Waals surface area contributed by atoms with Crippen LogP contribution in [0.25, 0.3) is 22.4 Å². The standard InChI is InChI=1S/C26H16ClF9N2O2/c1-38-19(11-21(37-38)26(34,35)36)18-6-7-20(40-12-13-2-4-17(27)5-3-13)22(23(18)39)14-8-15(24(28,29)30)10-16(9-14)25(31,32)33/h2-11,39H,12H2,1H3. The molecule has 0 unspecified atom stereocenters. The molecule has 0 spiro atoms. The molecule has 0 saturated carbocycles. The second kappa shape index (κ2) is 10.3. The van der Waals surface area contributed by atoms with Gasteiger partial charge in [0.25, 0.3) is 0 Å². The minimum absolute atomic E-state index is 0.0879. The van der Waals surface area contributed by atoms with Gasteiger partial charge in [0.05, 0.1) is 22.4 Å². The van der Waals surface area contributed by atoms with E-state index in [0.29, 0.717) is 28.8 Å². The summed E-state index contributed by atoms with van der Waals surface area (Å²) >= 11 is 5.84. The Bertz CT molecular complexity index is 1510. The zero-order valence-electron chi connectivity index (χ0n) is 20.0. The van der Waals surface area contributed by atoms with Gasteiger partial charge in [0.1, 0.15) is 18.1 Å². The molecule has 212 valence electrons. The lowest BCUT2D eigenvalue weighted by atomic mass is 9.95. The molecule has 0 aliphatic rings. The van der Waals surface area contributed by atoms with E-state index < -0.39 is 52.2 Å². The topological polar surface area (TPSA) is 47.3 Å². The molecule has 0 atom stereocenters. The van der Waals surface area contributed by atoms with Gasteiger partial charge in [-0.15, -0.1) is 0 Å². The van der Waals surface area contributed by atoms with Gasteiger partial charge >= 0.3 is 18.5 Å². The van der Waals surface area contributed by atoms with Crippen LogP contribution in [0.15, 0.2) is 60.7 Å². The number of aromatic hydroxyl groups is 1. The summed E-state index contributed by atoms with van der Waals surface area (Å²) in [6.45, 7) is -0.238. The van der Waals surface area contributed by atoms with Crippen LogP contribution < -0.4 is 4.74 Å². The SMILES string of the molecule is Cn1nc(C(F)(F)F)cc1-c1ccc(OCc2ccc(Cl)cc2)c(-c2cc(C(F)(F)F)cc(C(F)(F)F)c2)c1O. The van der Waals surface area contributed by atoms with Crippen molar-refractivity contribution in [2.24, 2.45) is 7.05 Å². The summed E-state index contributed by atoms with van der Waals surface area (Å²) < 4.78 is 128. The van der Waals surface area contributed by atoms with Gasteiger partial charge in [0, 0.05) is 17.6 Å². The van der Waals surface area contributed by atoms with Gasteiger partial charge in [-0.25, -0.2) is 0 Å². The normalized spacial score (nSPS) is 12.6. The van der Waals surface area contributed by atoms with E-state index in [1.165, 1.54) is 12.1 Å². The summed E-state index contributed by atoms with van der Waals surface area (Å²) in [5, 5.41) is 14.9. The number of nitrogens with zero attached hydrogens (tertiary/aromatic N) is 2. The number of halogens is 10. The van der Waals surface area contributed by atoms with Crippen LogP contribution in [-0.2, 0) is 32.2 Å². The molecule has 0 fully saturated rings. The zero-order chi connectivity index (χ0) is 29.6. The highest BCUT2D eigenvalue weighted by Gasteiger charge is 2.38. The molecule has 1 aromatic heterocycles. The van der Waals surface area contributed by atoms with Crippen LogP contribution in [-0.4, -0.2) is 14.9 Å². The van der Waals surface area contributed by atoms with E-state index in [0.717, 1.165) is 23.9 Å². The molecule has 0 radical (unpaired) electrons. The molecule has 0 saturated heterocycles. The van der Waals surface area contributed by atoms with E-state index in [2.05, 4.69) is 5.10 Å². The van der Waals surface area contributed by atoms with Crippen molar-refractivity contribution in [3.63, 3.8) is 0 Å². The van der Waals surface area contributed by atoms with Gasteiger partial charge in [-0.1, -0.05) is 23.7 Å². The van der Waals surface area contributed by atoms with Gasteiger partial charge in [-0.3, -0.25) is 4.68 Å². The highest BCUT2D eigenvalue weighted by Crippen LogP contribution is 2.47. The van der Waals surface area contributed by atoms with E-state index >= 15 is 0 Å². The highest BCUT2D eigenvalue weighted by atomic mass is 35.5. The molecule has 0 amide bonds. The number of alkyl halides is 9. The number of phenolic OH excluding ortho intramolecular Hbond substituents is 1. The van der Waals surface area contributed by atoms with E-state index in [4.69, 9.17) is 16.3 Å². The fraction of sp³-hybridized carbons (Fsp3) is 0.192. The predicted octanol–water partition coefficient (Wildman–Crippen LogP) is 8.75. The third-order valence-electron chi connectivity index (χ3n) is 5.77. The third kappa shape index (κ3) is 6.14. The van der Waals surface area contributed by atoms with Gasteiger partial charge < -0.3 is 9.84 Å².